The van der Waals surface area contributed by atoms with Gasteiger partial charge in [0.25, 0.3) is 0 Å². The summed E-state index contributed by atoms with van der Waals surface area (Å²) in [6, 6.07) is 12.5. The smallest absolute Gasteiger partial charge is 0.213 e. The maximum atomic E-state index is 5.05. The highest BCUT2D eigenvalue weighted by Gasteiger charge is 2.21. The third kappa shape index (κ3) is 2.84. The van der Waals surface area contributed by atoms with E-state index in [0.29, 0.717) is 11.1 Å². The van der Waals surface area contributed by atoms with E-state index in [2.05, 4.69) is 34.6 Å². The van der Waals surface area contributed by atoms with Crippen molar-refractivity contribution in [3.05, 3.63) is 48.2 Å². The van der Waals surface area contributed by atoms with Crippen LogP contribution in [0.1, 0.15) is 5.56 Å². The molecule has 1 N–H and O–H groups in total. The molecule has 1 aromatic heterocycles. The van der Waals surface area contributed by atoms with E-state index in [-0.39, 0.29) is 0 Å². The lowest BCUT2D eigenvalue weighted by Crippen LogP contribution is -2.15. The second-order valence-corrected chi connectivity index (χ2v) is 5.86. The minimum atomic E-state index is 0.597. The van der Waals surface area contributed by atoms with Gasteiger partial charge >= 0.3 is 0 Å². The Hall–Kier alpha value is -1.68. The first-order chi connectivity index (χ1) is 9.35. The Morgan fingerprint density at radius 1 is 1.32 bits per heavy atom. The molecule has 2 aromatic rings. The Balaban J connectivity index is 1.56. The Morgan fingerprint density at radius 2 is 2.21 bits per heavy atom. The molecule has 0 amide bonds. The number of aromatic nitrogens is 1. The van der Waals surface area contributed by atoms with Gasteiger partial charge < -0.3 is 10.1 Å². The number of hydrogen-bond donors (Lipinski definition) is 1. The Labute approximate surface area is 117 Å². The molecule has 2 heterocycles. The molecule has 0 bridgehead atoms. The van der Waals surface area contributed by atoms with E-state index in [4.69, 9.17) is 4.74 Å². The van der Waals surface area contributed by atoms with Gasteiger partial charge in [0.15, 0.2) is 0 Å². The van der Waals surface area contributed by atoms with Gasteiger partial charge in [0.2, 0.25) is 5.88 Å². The quantitative estimate of drug-likeness (QED) is 0.926. The molecule has 0 fully saturated rings. The average Bonchev–Trinajstić information content (AvgIpc) is 2.88. The highest BCUT2D eigenvalue weighted by atomic mass is 32.2. The molecule has 0 spiro atoms. The molecule has 1 atom stereocenters. The van der Waals surface area contributed by atoms with Gasteiger partial charge in [-0.2, -0.15) is 0 Å². The summed E-state index contributed by atoms with van der Waals surface area (Å²) in [4.78, 5) is 5.61. The molecule has 3 rings (SSSR count). The minimum absolute atomic E-state index is 0.597. The second-order valence-electron chi connectivity index (χ2n) is 4.52. The highest BCUT2D eigenvalue weighted by Crippen LogP contribution is 2.36. The van der Waals surface area contributed by atoms with Crippen molar-refractivity contribution in [3.8, 4) is 5.88 Å². The van der Waals surface area contributed by atoms with Crippen LogP contribution in [0.2, 0.25) is 0 Å². The van der Waals surface area contributed by atoms with Crippen molar-refractivity contribution in [2.45, 2.75) is 16.6 Å². The summed E-state index contributed by atoms with van der Waals surface area (Å²) in [5.74, 6) is 0.646. The van der Waals surface area contributed by atoms with E-state index in [0.717, 1.165) is 18.7 Å². The van der Waals surface area contributed by atoms with Crippen LogP contribution in [0.25, 0.3) is 0 Å². The molecule has 3 nitrogen and oxygen atoms in total. The largest absolute Gasteiger partial charge is 0.481 e. The van der Waals surface area contributed by atoms with Crippen molar-refractivity contribution < 1.29 is 4.74 Å². The summed E-state index contributed by atoms with van der Waals surface area (Å²) in [6.07, 6.45) is 2.95. The van der Waals surface area contributed by atoms with Crippen molar-refractivity contribution in [3.63, 3.8) is 0 Å². The van der Waals surface area contributed by atoms with Gasteiger partial charge in [0, 0.05) is 22.8 Å². The van der Waals surface area contributed by atoms with Crippen molar-refractivity contribution in [2.24, 2.45) is 0 Å². The van der Waals surface area contributed by atoms with Crippen LogP contribution < -0.4 is 10.1 Å². The van der Waals surface area contributed by atoms with Gasteiger partial charge in [-0.3, -0.25) is 0 Å². The minimum Gasteiger partial charge on any atom is -0.481 e. The van der Waals surface area contributed by atoms with Gasteiger partial charge in [0.05, 0.1) is 19.0 Å². The molecule has 1 unspecified atom stereocenters. The van der Waals surface area contributed by atoms with Gasteiger partial charge in [-0.05, 0) is 24.1 Å². The maximum absolute atomic E-state index is 5.05. The molecule has 1 aliphatic heterocycles. The molecular formula is C15H16N2OS. The van der Waals surface area contributed by atoms with Crippen LogP contribution in [0.3, 0.4) is 0 Å². The number of methoxy groups -OCH3 is 1. The molecule has 19 heavy (non-hydrogen) atoms. The first-order valence-electron chi connectivity index (χ1n) is 6.33. The van der Waals surface area contributed by atoms with E-state index >= 15 is 0 Å². The molecule has 0 saturated heterocycles. The number of hydrogen-bond acceptors (Lipinski definition) is 4. The van der Waals surface area contributed by atoms with Gasteiger partial charge in [-0.25, -0.2) is 4.98 Å². The first kappa shape index (κ1) is 12.4. The number of pyridine rings is 1. The summed E-state index contributed by atoms with van der Waals surface area (Å²) in [5.41, 5.74) is 2.50. The fourth-order valence-corrected chi connectivity index (χ4v) is 3.45. The standard InChI is InChI=1S/C15H16N2OS/c1-18-15-7-6-12(9-17-15)16-10-13-8-11-4-2-3-5-14(11)19-13/h2-7,9,13,16H,8,10H2,1H3. The summed E-state index contributed by atoms with van der Waals surface area (Å²) in [6.45, 7) is 0.952. The van der Waals surface area contributed by atoms with E-state index in [9.17, 15) is 0 Å². The van der Waals surface area contributed by atoms with Gasteiger partial charge in [0.1, 0.15) is 0 Å². The molecular weight excluding hydrogens is 256 g/mol. The zero-order valence-corrected chi connectivity index (χ0v) is 11.6. The number of rotatable bonds is 4. The number of anilines is 1. The Kier molecular flexibility index (Phi) is 3.60. The lowest BCUT2D eigenvalue weighted by atomic mass is 10.1. The summed E-state index contributed by atoms with van der Waals surface area (Å²) >= 11 is 1.96. The number of nitrogens with zero attached hydrogens (tertiary/aromatic N) is 1. The van der Waals surface area contributed by atoms with Crippen LogP contribution in [-0.4, -0.2) is 23.9 Å². The van der Waals surface area contributed by atoms with Crippen molar-refractivity contribution in [2.75, 3.05) is 19.0 Å². The summed E-state index contributed by atoms with van der Waals surface area (Å²) < 4.78 is 5.05. The Morgan fingerprint density at radius 3 is 2.95 bits per heavy atom. The van der Waals surface area contributed by atoms with Crippen LogP contribution in [0.15, 0.2) is 47.5 Å². The zero-order valence-electron chi connectivity index (χ0n) is 10.8. The van der Waals surface area contributed by atoms with Gasteiger partial charge in [-0.1, -0.05) is 18.2 Å². The van der Waals surface area contributed by atoms with E-state index in [1.807, 2.05) is 30.1 Å². The lowest BCUT2D eigenvalue weighted by Gasteiger charge is -2.11. The van der Waals surface area contributed by atoms with Crippen molar-refractivity contribution in [1.82, 2.24) is 4.98 Å². The fraction of sp³-hybridized carbons (Fsp3) is 0.267. The normalized spacial score (nSPS) is 17.0. The average molecular weight is 272 g/mol. The first-order valence-corrected chi connectivity index (χ1v) is 7.21. The van der Waals surface area contributed by atoms with Crippen molar-refractivity contribution >= 4 is 17.4 Å². The monoisotopic (exact) mass is 272 g/mol. The van der Waals surface area contributed by atoms with Crippen molar-refractivity contribution in [1.29, 1.82) is 0 Å². The van der Waals surface area contributed by atoms with E-state index in [1.165, 1.54) is 10.5 Å². The van der Waals surface area contributed by atoms with E-state index < -0.39 is 0 Å². The number of benzene rings is 1. The molecule has 1 aromatic carbocycles. The molecule has 0 radical (unpaired) electrons. The Bertz CT molecular complexity index is 531. The highest BCUT2D eigenvalue weighted by molar-refractivity contribution is 8.00. The summed E-state index contributed by atoms with van der Waals surface area (Å²) in [5, 5.41) is 4.03. The molecule has 98 valence electrons. The number of nitrogens with one attached hydrogen (secondary N) is 1. The zero-order chi connectivity index (χ0) is 13.1. The van der Waals surface area contributed by atoms with E-state index in [1.54, 1.807) is 7.11 Å². The van der Waals surface area contributed by atoms with Crippen LogP contribution in [0, 0.1) is 0 Å². The molecule has 0 saturated carbocycles. The molecule has 4 heteroatoms. The fourth-order valence-electron chi connectivity index (χ4n) is 2.21. The van der Waals surface area contributed by atoms with Crippen LogP contribution in [0.4, 0.5) is 5.69 Å². The number of fused-ring (bicyclic) bond motifs is 1. The van der Waals surface area contributed by atoms with Gasteiger partial charge in [-0.15, -0.1) is 11.8 Å². The third-order valence-electron chi connectivity index (χ3n) is 3.19. The van der Waals surface area contributed by atoms with Crippen LogP contribution in [-0.2, 0) is 6.42 Å². The molecule has 0 aliphatic carbocycles. The van der Waals surface area contributed by atoms with Crippen LogP contribution in [0.5, 0.6) is 5.88 Å². The number of thioether (sulfide) groups is 1. The maximum Gasteiger partial charge on any atom is 0.213 e. The lowest BCUT2D eigenvalue weighted by molar-refractivity contribution is 0.398. The second kappa shape index (κ2) is 5.53. The topological polar surface area (TPSA) is 34.1 Å². The van der Waals surface area contributed by atoms with Crippen LogP contribution >= 0.6 is 11.8 Å². The summed E-state index contributed by atoms with van der Waals surface area (Å²) in [7, 11) is 1.63. The predicted molar refractivity (Wildman–Crippen MR) is 79.1 cm³/mol. The SMILES string of the molecule is COc1ccc(NCC2Cc3ccccc3S2)cn1. The number of ether oxygens (including phenoxy) is 1. The predicted octanol–water partition coefficient (Wildman–Crippen LogP) is 3.22. The third-order valence-corrected chi connectivity index (χ3v) is 4.51. The molecule has 1 aliphatic rings.